The Balaban J connectivity index is 1.30. The minimum Gasteiger partial charge on any atom is -0.481 e. The van der Waals surface area contributed by atoms with Gasteiger partial charge < -0.3 is 30.0 Å². The molecule has 11 heteroatoms. The Hall–Kier alpha value is -2.34. The molecule has 2 aliphatic heterocycles. The summed E-state index contributed by atoms with van der Waals surface area (Å²) in [6.07, 6.45) is 4.94. The van der Waals surface area contributed by atoms with E-state index in [-0.39, 0.29) is 24.7 Å². The number of likely N-dealkylation sites (N-methyl/N-ethyl adjacent to an activating group) is 1. The van der Waals surface area contributed by atoms with Gasteiger partial charge in [0, 0.05) is 19.0 Å². The van der Waals surface area contributed by atoms with Crippen LogP contribution in [0.4, 0.5) is 5.82 Å². The summed E-state index contributed by atoms with van der Waals surface area (Å²) < 4.78 is 20.8. The predicted molar refractivity (Wildman–Crippen MR) is 113 cm³/mol. The van der Waals surface area contributed by atoms with Crippen LogP contribution in [0.1, 0.15) is 45.8 Å². The second-order valence-electron chi connectivity index (χ2n) is 9.58. The van der Waals surface area contributed by atoms with Crippen molar-refractivity contribution < 1.29 is 24.1 Å². The first kappa shape index (κ1) is 21.5. The number of anilines is 1. The molecular formula is C21H30N6O5. The third kappa shape index (κ3) is 3.83. The molecule has 5 rings (SSSR count). The summed E-state index contributed by atoms with van der Waals surface area (Å²) in [5.74, 6) is -0.628. The maximum absolute atomic E-state index is 10.8. The monoisotopic (exact) mass is 446 g/mol. The molecule has 11 nitrogen and oxygen atoms in total. The maximum atomic E-state index is 10.8. The number of hydrogen-bond donors (Lipinski definition) is 2. The summed E-state index contributed by atoms with van der Waals surface area (Å²) in [7, 11) is 2.09. The van der Waals surface area contributed by atoms with Crippen molar-refractivity contribution >= 4 is 23.0 Å². The second-order valence-corrected chi connectivity index (χ2v) is 9.58. The van der Waals surface area contributed by atoms with Crippen molar-refractivity contribution in [1.29, 1.82) is 0 Å². The van der Waals surface area contributed by atoms with E-state index in [1.165, 1.54) is 6.33 Å². The highest BCUT2D eigenvalue weighted by Crippen LogP contribution is 2.44. The fourth-order valence-corrected chi connectivity index (χ4v) is 5.14. The lowest BCUT2D eigenvalue weighted by atomic mass is 9.76. The van der Waals surface area contributed by atoms with Crippen molar-refractivity contribution in [3.05, 3.63) is 12.7 Å². The van der Waals surface area contributed by atoms with E-state index < -0.39 is 18.0 Å². The smallest absolute Gasteiger partial charge is 0.303 e. The number of carbonyl (C=O) groups is 1. The standard InChI is InChI=1S/C21H30N6O5/c1-21(2)31-16-13(8-26(3)12-6-11(7-12)4-5-14(28)29)30-20(17(16)32-21)27-10-25-15-18(22)23-9-24-19(15)27/h9-13,16-17,20H,4-8H2,1-3H3,(H,28,29)(H2,22,23,24). The number of nitrogens with two attached hydrogens (primary N) is 1. The molecule has 2 aromatic rings. The number of aliphatic carboxylic acids is 1. The van der Waals surface area contributed by atoms with Crippen LogP contribution in [-0.2, 0) is 19.0 Å². The normalized spacial score (nSPS) is 33.5. The fourth-order valence-electron chi connectivity index (χ4n) is 5.14. The van der Waals surface area contributed by atoms with Gasteiger partial charge in [-0.2, -0.15) is 0 Å². The molecule has 0 aromatic carbocycles. The molecule has 4 unspecified atom stereocenters. The number of rotatable bonds is 7. The van der Waals surface area contributed by atoms with Gasteiger partial charge in [0.1, 0.15) is 30.2 Å². The molecule has 174 valence electrons. The van der Waals surface area contributed by atoms with E-state index in [9.17, 15) is 4.79 Å². The lowest BCUT2D eigenvalue weighted by Gasteiger charge is -2.42. The predicted octanol–water partition coefficient (Wildman–Crippen LogP) is 1.40. The van der Waals surface area contributed by atoms with E-state index in [4.69, 9.17) is 25.1 Å². The number of hydrogen-bond acceptors (Lipinski definition) is 9. The number of carboxylic acid groups (broad SMARTS) is 1. The van der Waals surface area contributed by atoms with Crippen LogP contribution in [-0.4, -0.2) is 79.2 Å². The number of aromatic nitrogens is 4. The van der Waals surface area contributed by atoms with Crippen molar-refractivity contribution in [3.63, 3.8) is 0 Å². The van der Waals surface area contributed by atoms with E-state index >= 15 is 0 Å². The molecule has 3 fully saturated rings. The number of nitrogens with zero attached hydrogens (tertiary/aromatic N) is 5. The summed E-state index contributed by atoms with van der Waals surface area (Å²) >= 11 is 0. The lowest BCUT2D eigenvalue weighted by molar-refractivity contribution is -0.198. The SMILES string of the molecule is CN(CC1OC(n2cnc3c(N)ncnc32)C2OC(C)(C)OC12)C1CC(CCC(=O)O)C1. The molecule has 4 heterocycles. The molecule has 0 spiro atoms. The van der Waals surface area contributed by atoms with Crippen LogP contribution in [0.3, 0.4) is 0 Å². The van der Waals surface area contributed by atoms with Crippen LogP contribution in [0.2, 0.25) is 0 Å². The minimum absolute atomic E-state index is 0.188. The number of imidazole rings is 1. The van der Waals surface area contributed by atoms with E-state index in [2.05, 4.69) is 26.9 Å². The van der Waals surface area contributed by atoms with E-state index in [1.807, 2.05) is 18.4 Å². The molecule has 1 aliphatic carbocycles. The Morgan fingerprint density at radius 1 is 1.28 bits per heavy atom. The second kappa shape index (κ2) is 7.91. The number of nitrogen functional groups attached to an aromatic ring is 1. The van der Waals surface area contributed by atoms with Crippen LogP contribution < -0.4 is 5.73 Å². The molecule has 1 saturated carbocycles. The van der Waals surface area contributed by atoms with Crippen LogP contribution >= 0.6 is 0 Å². The molecule has 4 atom stereocenters. The van der Waals surface area contributed by atoms with Crippen molar-refractivity contribution in [1.82, 2.24) is 24.4 Å². The zero-order valence-electron chi connectivity index (χ0n) is 18.5. The minimum atomic E-state index is -0.724. The van der Waals surface area contributed by atoms with E-state index in [1.54, 1.807) is 6.33 Å². The highest BCUT2D eigenvalue weighted by molar-refractivity contribution is 5.81. The van der Waals surface area contributed by atoms with Gasteiger partial charge in [0.2, 0.25) is 0 Å². The highest BCUT2D eigenvalue weighted by atomic mass is 16.8. The van der Waals surface area contributed by atoms with Gasteiger partial charge in [0.05, 0.1) is 6.33 Å². The summed E-state index contributed by atoms with van der Waals surface area (Å²) in [5.41, 5.74) is 7.09. The lowest BCUT2D eigenvalue weighted by Crippen LogP contribution is -2.47. The number of carboxylic acids is 1. The Labute approximate surface area is 185 Å². The molecule has 0 amide bonds. The number of ether oxygens (including phenoxy) is 3. The molecule has 0 radical (unpaired) electrons. The van der Waals surface area contributed by atoms with Crippen molar-refractivity contribution in [2.45, 2.75) is 75.9 Å². The first-order valence-electron chi connectivity index (χ1n) is 11.1. The van der Waals surface area contributed by atoms with Gasteiger partial charge in [0.15, 0.2) is 23.5 Å². The average molecular weight is 447 g/mol. The largest absolute Gasteiger partial charge is 0.481 e. The van der Waals surface area contributed by atoms with Crippen LogP contribution in [0.5, 0.6) is 0 Å². The molecule has 32 heavy (non-hydrogen) atoms. The Morgan fingerprint density at radius 2 is 2.03 bits per heavy atom. The molecule has 2 saturated heterocycles. The van der Waals surface area contributed by atoms with Crippen molar-refractivity contribution in [2.24, 2.45) is 5.92 Å². The summed E-state index contributed by atoms with van der Waals surface area (Å²) in [6.45, 7) is 4.51. The Bertz CT molecular complexity index is 1010. The van der Waals surface area contributed by atoms with Gasteiger partial charge in [-0.25, -0.2) is 15.0 Å². The first-order valence-corrected chi connectivity index (χ1v) is 11.1. The fraction of sp³-hybridized carbons (Fsp3) is 0.714. The molecule has 2 aromatic heterocycles. The summed E-state index contributed by atoms with van der Waals surface area (Å²) in [5, 5.41) is 8.89. The van der Waals surface area contributed by atoms with Gasteiger partial charge in [0.25, 0.3) is 0 Å². The van der Waals surface area contributed by atoms with Gasteiger partial charge >= 0.3 is 5.97 Å². The van der Waals surface area contributed by atoms with Crippen molar-refractivity contribution in [3.8, 4) is 0 Å². The maximum Gasteiger partial charge on any atom is 0.303 e. The average Bonchev–Trinajstić information content (AvgIpc) is 3.33. The summed E-state index contributed by atoms with van der Waals surface area (Å²) in [6, 6.07) is 0.423. The Morgan fingerprint density at radius 3 is 2.78 bits per heavy atom. The van der Waals surface area contributed by atoms with Crippen molar-refractivity contribution in [2.75, 3.05) is 19.3 Å². The highest BCUT2D eigenvalue weighted by Gasteiger charge is 2.56. The zero-order valence-corrected chi connectivity index (χ0v) is 18.5. The Kier molecular flexibility index (Phi) is 5.31. The quantitative estimate of drug-likeness (QED) is 0.642. The van der Waals surface area contributed by atoms with Gasteiger partial charge in [-0.15, -0.1) is 0 Å². The molecule has 3 aliphatic rings. The van der Waals surface area contributed by atoms with Crippen LogP contribution in [0.25, 0.3) is 11.2 Å². The molecular weight excluding hydrogens is 416 g/mol. The van der Waals surface area contributed by atoms with Gasteiger partial charge in [-0.05, 0) is 46.1 Å². The topological polar surface area (TPSA) is 138 Å². The van der Waals surface area contributed by atoms with E-state index in [0.29, 0.717) is 35.5 Å². The van der Waals surface area contributed by atoms with Crippen LogP contribution in [0.15, 0.2) is 12.7 Å². The molecule has 3 N–H and O–H groups in total. The first-order chi connectivity index (χ1) is 15.2. The summed E-state index contributed by atoms with van der Waals surface area (Å²) in [4.78, 5) is 25.8. The third-order valence-corrected chi connectivity index (χ3v) is 6.86. The van der Waals surface area contributed by atoms with Gasteiger partial charge in [-0.1, -0.05) is 0 Å². The van der Waals surface area contributed by atoms with E-state index in [0.717, 1.165) is 19.3 Å². The number of fused-ring (bicyclic) bond motifs is 2. The van der Waals surface area contributed by atoms with Gasteiger partial charge in [-0.3, -0.25) is 9.36 Å². The third-order valence-electron chi connectivity index (χ3n) is 6.86. The molecule has 0 bridgehead atoms. The van der Waals surface area contributed by atoms with Crippen LogP contribution in [0, 0.1) is 5.92 Å². The zero-order chi connectivity index (χ0) is 22.6.